The zero-order valence-electron chi connectivity index (χ0n) is 22.9. The minimum atomic E-state index is -4.48. The molecule has 224 valence electrons. The molecular formula is C22H35FN7O9P. The quantitative estimate of drug-likeness (QED) is 0.0800. The van der Waals surface area contributed by atoms with Gasteiger partial charge in [0.25, 0.3) is 0 Å². The van der Waals surface area contributed by atoms with Gasteiger partial charge in [0.05, 0.1) is 18.8 Å². The molecule has 0 spiro atoms. The number of alkyl halides is 1. The van der Waals surface area contributed by atoms with Crippen LogP contribution in [0.3, 0.4) is 0 Å². The highest BCUT2D eigenvalue weighted by atomic mass is 31.2. The molecule has 2 aliphatic rings. The zero-order chi connectivity index (χ0) is 30.4. The molecule has 2 unspecified atom stereocenters. The highest BCUT2D eigenvalue weighted by Crippen LogP contribution is 2.44. The van der Waals surface area contributed by atoms with Crippen LogP contribution in [0.2, 0.25) is 0 Å². The molecule has 0 aliphatic carbocycles. The zero-order valence-corrected chi connectivity index (χ0v) is 23.8. The van der Waals surface area contributed by atoms with E-state index < -0.39 is 80.8 Å². The third-order valence-corrected chi connectivity index (χ3v) is 7.33. The molecule has 2 amide bonds. The van der Waals surface area contributed by atoms with E-state index in [1.807, 2.05) is 0 Å². The number of allylic oxidation sites excluding steroid dienone is 1. The number of aliphatic hydroxyl groups excluding tert-OH is 1. The molecule has 2 heterocycles. The Morgan fingerprint density at radius 3 is 2.23 bits per heavy atom. The van der Waals surface area contributed by atoms with E-state index >= 15 is 4.39 Å². The summed E-state index contributed by atoms with van der Waals surface area (Å²) in [5, 5.41) is 21.2. The van der Waals surface area contributed by atoms with Gasteiger partial charge in [-0.15, -0.1) is 0 Å². The summed E-state index contributed by atoms with van der Waals surface area (Å²) in [5.41, 5.74) is 6.85. The smallest absolute Gasteiger partial charge is 0.342 e. The molecule has 6 atom stereocenters. The number of hydrogen-bond acceptors (Lipinski definition) is 10. The lowest BCUT2D eigenvalue weighted by molar-refractivity contribution is -0.149. The van der Waals surface area contributed by atoms with E-state index in [-0.39, 0.29) is 5.70 Å². The van der Waals surface area contributed by atoms with Crippen LogP contribution >= 0.6 is 7.67 Å². The van der Waals surface area contributed by atoms with Crippen molar-refractivity contribution in [3.63, 3.8) is 0 Å². The van der Waals surface area contributed by atoms with Crippen molar-refractivity contribution < 1.29 is 47.2 Å². The number of ether oxygens (including phenoxy) is 3. The molecule has 0 radical (unpaired) electrons. The highest BCUT2D eigenvalue weighted by Gasteiger charge is 2.58. The third kappa shape index (κ3) is 8.24. The average Bonchev–Trinajstić information content (AvgIpc) is 3.07. The Labute approximate surface area is 230 Å². The molecule has 2 rings (SSSR count). The van der Waals surface area contributed by atoms with E-state index in [0.29, 0.717) is 0 Å². The summed E-state index contributed by atoms with van der Waals surface area (Å²) in [4.78, 5) is 40.4. The van der Waals surface area contributed by atoms with Gasteiger partial charge >= 0.3 is 25.6 Å². The first-order chi connectivity index (χ1) is 18.5. The molecule has 1 fully saturated rings. The molecule has 0 aromatic heterocycles. The number of aliphatic hydroxyl groups is 1. The number of esters is 2. The topological polar surface area (TPSA) is 214 Å². The van der Waals surface area contributed by atoms with Crippen molar-refractivity contribution in [2.75, 3.05) is 6.61 Å². The second-order valence-corrected chi connectivity index (χ2v) is 11.5. The predicted molar refractivity (Wildman–Crippen MR) is 138 cm³/mol. The van der Waals surface area contributed by atoms with Crippen molar-refractivity contribution in [2.24, 2.45) is 5.11 Å². The van der Waals surface area contributed by atoms with Crippen LogP contribution in [0, 0.1) is 0 Å². The van der Waals surface area contributed by atoms with E-state index in [1.54, 1.807) is 27.7 Å². The second kappa shape index (κ2) is 13.5. The van der Waals surface area contributed by atoms with E-state index in [4.69, 9.17) is 24.3 Å². The van der Waals surface area contributed by atoms with Gasteiger partial charge in [0.2, 0.25) is 5.72 Å². The van der Waals surface area contributed by atoms with Gasteiger partial charge in [0.1, 0.15) is 18.2 Å². The van der Waals surface area contributed by atoms with E-state index in [0.717, 1.165) is 11.1 Å². The lowest BCUT2D eigenvalue weighted by atomic mass is 10.1. The fourth-order valence-electron chi connectivity index (χ4n) is 3.53. The van der Waals surface area contributed by atoms with Gasteiger partial charge in [-0.2, -0.15) is 0 Å². The van der Waals surface area contributed by atoms with Gasteiger partial charge in [0.15, 0.2) is 12.4 Å². The Hall–Kier alpha value is -3.04. The third-order valence-electron chi connectivity index (χ3n) is 5.38. The summed E-state index contributed by atoms with van der Waals surface area (Å²) in [6.45, 7) is 11.5. The number of hydrogen-bond donors (Lipinski definition) is 4. The summed E-state index contributed by atoms with van der Waals surface area (Å²) in [6, 6.07) is -3.35. The van der Waals surface area contributed by atoms with Gasteiger partial charge < -0.3 is 29.2 Å². The molecule has 0 aromatic rings. The highest BCUT2D eigenvalue weighted by molar-refractivity contribution is 7.54. The summed E-state index contributed by atoms with van der Waals surface area (Å²) in [5.74, 6) is -1.62. The number of amides is 2. The van der Waals surface area contributed by atoms with Crippen LogP contribution < -0.4 is 15.5 Å². The fourth-order valence-corrected chi connectivity index (χ4v) is 5.35. The Morgan fingerprint density at radius 2 is 1.77 bits per heavy atom. The minimum absolute atomic E-state index is 0.216. The van der Waals surface area contributed by atoms with Crippen molar-refractivity contribution in [1.82, 2.24) is 20.4 Å². The number of halogens is 1. The van der Waals surface area contributed by atoms with Crippen molar-refractivity contribution in [3.05, 3.63) is 35.0 Å². The average molecular weight is 592 g/mol. The molecule has 40 heavy (non-hydrogen) atoms. The SMILES string of the molecule is C=C1C=CN([C@@H]2O[C@@](COP(=O)(NC(C)C(=O)OC(C)C)NC(C)C(=O)OC(C)C)(N=[N+]=[N-])[C@@H](O)[C@H]2F)C(=O)N1. The molecule has 2 aliphatic heterocycles. The van der Waals surface area contributed by atoms with Crippen LogP contribution in [-0.2, 0) is 32.9 Å². The van der Waals surface area contributed by atoms with Crippen LogP contribution in [0.25, 0.3) is 10.4 Å². The molecule has 16 nitrogen and oxygen atoms in total. The normalized spacial score (nSPS) is 27.6. The maximum atomic E-state index is 15.2. The van der Waals surface area contributed by atoms with Gasteiger partial charge in [-0.25, -0.2) is 19.4 Å². The Kier molecular flexibility index (Phi) is 11.2. The maximum absolute atomic E-state index is 15.2. The second-order valence-electron chi connectivity index (χ2n) is 9.61. The number of azide groups is 1. The molecule has 18 heteroatoms. The van der Waals surface area contributed by atoms with E-state index in [2.05, 4.69) is 32.1 Å². The van der Waals surface area contributed by atoms with E-state index in [9.17, 15) is 24.1 Å². The van der Waals surface area contributed by atoms with Crippen molar-refractivity contribution in [2.45, 2.75) is 90.1 Å². The van der Waals surface area contributed by atoms with Crippen molar-refractivity contribution >= 4 is 25.6 Å². The standard InChI is InChI=1S/C22H35FN7O9P/c1-11(2)37-19(32)14(6)26-40(35,27-15(7)20(33)38-12(3)4)36-10-22(28-29-24)17(31)16(23)18(39-22)30-9-8-13(5)25-21(30)34/h8-9,11-12,14-18,31H,5,10H2,1-4,6-7H3,(H,25,34)(H2,26,27,35)/t14?,15?,16-,17+,18-,22-,40?/m1/s1. The van der Waals surface area contributed by atoms with Crippen LogP contribution in [0.1, 0.15) is 41.5 Å². The summed E-state index contributed by atoms with van der Waals surface area (Å²) in [7, 11) is -4.48. The lowest BCUT2D eigenvalue weighted by Crippen LogP contribution is -2.48. The Morgan fingerprint density at radius 1 is 1.25 bits per heavy atom. The predicted octanol–water partition coefficient (Wildman–Crippen LogP) is 2.08. The Bertz CT molecular complexity index is 1080. The number of urea groups is 1. The first-order valence-electron chi connectivity index (χ1n) is 12.3. The number of nitrogens with zero attached hydrogens (tertiary/aromatic N) is 4. The minimum Gasteiger partial charge on any atom is -0.462 e. The largest absolute Gasteiger partial charge is 0.462 e. The maximum Gasteiger partial charge on any atom is 0.342 e. The van der Waals surface area contributed by atoms with Gasteiger partial charge in [-0.3, -0.25) is 19.1 Å². The van der Waals surface area contributed by atoms with Crippen LogP contribution in [0.4, 0.5) is 9.18 Å². The van der Waals surface area contributed by atoms with Crippen molar-refractivity contribution in [3.8, 4) is 0 Å². The molecule has 0 aromatic carbocycles. The van der Waals surface area contributed by atoms with Crippen LogP contribution in [-0.4, -0.2) is 83.1 Å². The summed E-state index contributed by atoms with van der Waals surface area (Å²) < 4.78 is 50.3. The lowest BCUT2D eigenvalue weighted by Gasteiger charge is -2.32. The number of rotatable bonds is 13. The first-order valence-corrected chi connectivity index (χ1v) is 13.9. The van der Waals surface area contributed by atoms with Gasteiger partial charge in [-0.1, -0.05) is 11.7 Å². The summed E-state index contributed by atoms with van der Waals surface area (Å²) in [6.07, 6.45) is -4.81. The molecule has 1 saturated heterocycles. The number of carbonyl (C=O) groups excluding carboxylic acids is 3. The van der Waals surface area contributed by atoms with Crippen LogP contribution in [0.15, 0.2) is 29.7 Å². The van der Waals surface area contributed by atoms with Gasteiger partial charge in [-0.05, 0) is 53.1 Å². The monoisotopic (exact) mass is 591 g/mol. The van der Waals surface area contributed by atoms with E-state index in [1.165, 1.54) is 19.9 Å². The molecular weight excluding hydrogens is 556 g/mol. The van der Waals surface area contributed by atoms with Gasteiger partial charge in [0, 0.05) is 16.8 Å². The number of carbonyl (C=O) groups is 3. The molecule has 0 saturated carbocycles. The fraction of sp³-hybridized carbons (Fsp3) is 0.682. The van der Waals surface area contributed by atoms with Crippen LogP contribution in [0.5, 0.6) is 0 Å². The first kappa shape index (κ1) is 33.2. The Balaban J connectivity index is 2.35. The number of nitrogens with one attached hydrogen (secondary N) is 3. The van der Waals surface area contributed by atoms with Crippen molar-refractivity contribution in [1.29, 1.82) is 0 Å². The summed E-state index contributed by atoms with van der Waals surface area (Å²) >= 11 is 0. The molecule has 4 N–H and O–H groups in total. The molecule has 0 bridgehead atoms.